The number of benzene rings is 1. The molecule has 0 saturated heterocycles. The quantitative estimate of drug-likeness (QED) is 0.637. The van der Waals surface area contributed by atoms with Gasteiger partial charge in [0.05, 0.1) is 24.0 Å². The Bertz CT molecular complexity index is 863. The van der Waals surface area contributed by atoms with Crippen molar-refractivity contribution in [1.82, 2.24) is 15.2 Å². The minimum Gasteiger partial charge on any atom is -0.495 e. The van der Waals surface area contributed by atoms with Crippen LogP contribution in [0.25, 0.3) is 10.9 Å². The summed E-state index contributed by atoms with van der Waals surface area (Å²) in [6.07, 6.45) is -4.37. The Morgan fingerprint density at radius 3 is 2.79 bits per heavy atom. The molecule has 1 atom stereocenters. The molecule has 2 aromatic heterocycles. The second-order valence-corrected chi connectivity index (χ2v) is 4.99. The molecule has 3 aromatic rings. The first-order valence-corrected chi connectivity index (χ1v) is 6.89. The number of aromatic nitrogens is 3. The Morgan fingerprint density at radius 2 is 2.08 bits per heavy atom. The van der Waals surface area contributed by atoms with E-state index in [-0.39, 0.29) is 5.69 Å². The lowest BCUT2D eigenvalue weighted by Crippen LogP contribution is -2.15. The average Bonchev–Trinajstić information content (AvgIpc) is 3.00. The Balaban J connectivity index is 1.90. The van der Waals surface area contributed by atoms with E-state index in [1.807, 2.05) is 0 Å². The normalized spacial score (nSPS) is 13.0. The zero-order chi connectivity index (χ0) is 17.3. The fourth-order valence-electron chi connectivity index (χ4n) is 2.23. The van der Waals surface area contributed by atoms with Crippen LogP contribution in [0, 0.1) is 0 Å². The lowest BCUT2D eigenvalue weighted by atomic mass is 10.2. The van der Waals surface area contributed by atoms with Crippen molar-refractivity contribution in [3.05, 3.63) is 47.9 Å². The summed E-state index contributed by atoms with van der Waals surface area (Å²) >= 11 is 0. The van der Waals surface area contributed by atoms with Crippen LogP contribution in [0.4, 0.5) is 18.9 Å². The molecule has 0 radical (unpaired) electrons. The zero-order valence-electron chi connectivity index (χ0n) is 12.4. The molecule has 0 aliphatic carbocycles. The molecule has 0 spiro atoms. The number of fused-ring (bicyclic) bond motifs is 1. The van der Waals surface area contributed by atoms with Crippen LogP contribution in [-0.4, -0.2) is 27.4 Å². The third kappa shape index (κ3) is 3.11. The van der Waals surface area contributed by atoms with Gasteiger partial charge in [0.1, 0.15) is 11.4 Å². The maximum absolute atomic E-state index is 12.7. The van der Waals surface area contributed by atoms with Crippen LogP contribution in [0.3, 0.4) is 0 Å². The Morgan fingerprint density at radius 1 is 1.29 bits per heavy atom. The van der Waals surface area contributed by atoms with Crippen molar-refractivity contribution in [2.45, 2.75) is 12.4 Å². The molecule has 0 saturated carbocycles. The molecule has 126 valence electrons. The molecule has 3 rings (SSSR count). The third-order valence-electron chi connectivity index (χ3n) is 3.39. The number of aliphatic hydroxyl groups is 1. The number of nitrogens with one attached hydrogen (secondary N) is 2. The van der Waals surface area contributed by atoms with E-state index in [1.165, 1.54) is 19.2 Å². The van der Waals surface area contributed by atoms with E-state index in [4.69, 9.17) is 4.74 Å². The number of H-pyrrole nitrogens is 1. The van der Waals surface area contributed by atoms with Crippen LogP contribution in [0.15, 0.2) is 36.5 Å². The molecule has 0 aliphatic heterocycles. The first-order valence-electron chi connectivity index (χ1n) is 6.89. The van der Waals surface area contributed by atoms with Gasteiger partial charge in [-0.2, -0.15) is 18.3 Å². The summed E-state index contributed by atoms with van der Waals surface area (Å²) in [6, 6.07) is 6.63. The Kier molecular flexibility index (Phi) is 4.02. The number of hydrogen-bond donors (Lipinski definition) is 3. The lowest BCUT2D eigenvalue weighted by molar-refractivity contribution is -0.141. The SMILES string of the molecule is COc1cc2n[nH]cc2cc1NC(O)c1cccc(C(F)(F)F)n1. The van der Waals surface area contributed by atoms with Crippen molar-refractivity contribution in [2.24, 2.45) is 0 Å². The number of aromatic amines is 1. The first-order chi connectivity index (χ1) is 11.4. The van der Waals surface area contributed by atoms with Crippen molar-refractivity contribution in [1.29, 1.82) is 0 Å². The van der Waals surface area contributed by atoms with Crippen molar-refractivity contribution in [3.8, 4) is 5.75 Å². The van der Waals surface area contributed by atoms with Gasteiger partial charge in [-0.1, -0.05) is 6.07 Å². The second kappa shape index (κ2) is 6.00. The van der Waals surface area contributed by atoms with Gasteiger partial charge in [0.15, 0.2) is 6.23 Å². The molecule has 1 unspecified atom stereocenters. The van der Waals surface area contributed by atoms with Gasteiger partial charge in [0.25, 0.3) is 0 Å². The van der Waals surface area contributed by atoms with Crippen molar-refractivity contribution >= 4 is 16.6 Å². The molecule has 2 heterocycles. The molecular weight excluding hydrogens is 325 g/mol. The van der Waals surface area contributed by atoms with Gasteiger partial charge >= 0.3 is 6.18 Å². The van der Waals surface area contributed by atoms with Crippen molar-refractivity contribution < 1.29 is 23.0 Å². The van der Waals surface area contributed by atoms with Crippen LogP contribution >= 0.6 is 0 Å². The van der Waals surface area contributed by atoms with Gasteiger partial charge in [-0.05, 0) is 18.2 Å². The lowest BCUT2D eigenvalue weighted by Gasteiger charge is -2.17. The fraction of sp³-hybridized carbons (Fsp3) is 0.200. The number of alkyl halides is 3. The van der Waals surface area contributed by atoms with E-state index in [2.05, 4.69) is 20.5 Å². The van der Waals surface area contributed by atoms with E-state index in [0.29, 0.717) is 17.0 Å². The minimum atomic E-state index is -4.58. The Hall–Kier alpha value is -2.81. The highest BCUT2D eigenvalue weighted by molar-refractivity contribution is 5.85. The highest BCUT2D eigenvalue weighted by Crippen LogP contribution is 2.32. The number of ether oxygens (including phenoxy) is 1. The minimum absolute atomic E-state index is 0.154. The van der Waals surface area contributed by atoms with Gasteiger partial charge in [-0.25, -0.2) is 4.98 Å². The number of methoxy groups -OCH3 is 1. The fourth-order valence-corrected chi connectivity index (χ4v) is 2.23. The van der Waals surface area contributed by atoms with Crippen LogP contribution in [0.1, 0.15) is 17.6 Å². The molecule has 3 N–H and O–H groups in total. The molecule has 1 aromatic carbocycles. The molecule has 24 heavy (non-hydrogen) atoms. The summed E-state index contributed by atoms with van der Waals surface area (Å²) in [5, 5.41) is 20.3. The summed E-state index contributed by atoms with van der Waals surface area (Å²) < 4.78 is 43.4. The maximum Gasteiger partial charge on any atom is 0.433 e. The number of halogens is 3. The van der Waals surface area contributed by atoms with Crippen LogP contribution in [0.5, 0.6) is 5.75 Å². The highest BCUT2D eigenvalue weighted by atomic mass is 19.4. The predicted octanol–water partition coefficient (Wildman–Crippen LogP) is 3.09. The molecule has 0 fully saturated rings. The topological polar surface area (TPSA) is 83.1 Å². The molecule has 6 nitrogen and oxygen atoms in total. The largest absolute Gasteiger partial charge is 0.495 e. The number of hydrogen-bond acceptors (Lipinski definition) is 5. The van der Waals surface area contributed by atoms with Crippen molar-refractivity contribution in [2.75, 3.05) is 12.4 Å². The standard InChI is InChI=1S/C15H13F3N4O2/c1-24-12-6-10-8(7-19-22-10)5-11(12)21-14(23)9-3-2-4-13(20-9)15(16,17)18/h2-7,14,21,23H,1H3,(H,19,22). The number of nitrogens with zero attached hydrogens (tertiary/aromatic N) is 2. The van der Waals surface area contributed by atoms with E-state index in [0.717, 1.165) is 11.5 Å². The number of aliphatic hydroxyl groups excluding tert-OH is 1. The summed E-state index contributed by atoms with van der Waals surface area (Å²) in [4.78, 5) is 3.45. The number of rotatable bonds is 4. The number of anilines is 1. The van der Waals surface area contributed by atoms with Gasteiger partial charge in [0.2, 0.25) is 0 Å². The van der Waals surface area contributed by atoms with E-state index >= 15 is 0 Å². The molecule has 0 amide bonds. The smallest absolute Gasteiger partial charge is 0.433 e. The van der Waals surface area contributed by atoms with Crippen LogP contribution in [-0.2, 0) is 6.18 Å². The van der Waals surface area contributed by atoms with Gasteiger partial charge < -0.3 is 15.2 Å². The van der Waals surface area contributed by atoms with Crippen molar-refractivity contribution in [3.63, 3.8) is 0 Å². The van der Waals surface area contributed by atoms with Gasteiger partial charge in [-0.15, -0.1) is 0 Å². The van der Waals surface area contributed by atoms with Crippen LogP contribution in [0.2, 0.25) is 0 Å². The zero-order valence-corrected chi connectivity index (χ0v) is 12.4. The molecule has 9 heteroatoms. The summed E-state index contributed by atoms with van der Waals surface area (Å²) in [7, 11) is 1.44. The highest BCUT2D eigenvalue weighted by Gasteiger charge is 2.33. The van der Waals surface area contributed by atoms with E-state index < -0.39 is 18.1 Å². The van der Waals surface area contributed by atoms with E-state index in [9.17, 15) is 18.3 Å². The van der Waals surface area contributed by atoms with Gasteiger partial charge in [0, 0.05) is 17.6 Å². The summed E-state index contributed by atoms with van der Waals surface area (Å²) in [6.45, 7) is 0. The summed E-state index contributed by atoms with van der Waals surface area (Å²) in [5.41, 5.74) is -0.167. The van der Waals surface area contributed by atoms with Crippen LogP contribution < -0.4 is 10.1 Å². The molecule has 0 aliphatic rings. The van der Waals surface area contributed by atoms with Gasteiger partial charge in [-0.3, -0.25) is 5.10 Å². The monoisotopic (exact) mass is 338 g/mol. The third-order valence-corrected chi connectivity index (χ3v) is 3.39. The first kappa shape index (κ1) is 16.1. The second-order valence-electron chi connectivity index (χ2n) is 4.99. The predicted molar refractivity (Wildman–Crippen MR) is 80.5 cm³/mol. The molecule has 0 bridgehead atoms. The number of pyridine rings is 1. The molecular formula is C15H13F3N4O2. The Labute approximate surface area is 134 Å². The van der Waals surface area contributed by atoms with E-state index in [1.54, 1.807) is 18.3 Å². The average molecular weight is 338 g/mol. The maximum atomic E-state index is 12.7. The summed E-state index contributed by atoms with van der Waals surface area (Å²) in [5.74, 6) is 0.389.